The van der Waals surface area contributed by atoms with Crippen LogP contribution in [-0.2, 0) is 36.8 Å². The first-order chi connectivity index (χ1) is 16.0. The molecule has 4 aromatic rings. The predicted molar refractivity (Wildman–Crippen MR) is 127 cm³/mol. The van der Waals surface area contributed by atoms with Crippen LogP contribution in [0.3, 0.4) is 0 Å². The molecule has 4 rings (SSSR count). The summed E-state index contributed by atoms with van der Waals surface area (Å²) in [5.74, 6) is -1.99. The normalized spacial score (nSPS) is 11.3. The predicted octanol–water partition coefficient (Wildman–Crippen LogP) is 7.02. The highest BCUT2D eigenvalue weighted by Gasteiger charge is 2.10. The number of rotatable bonds is 9. The fraction of sp³-hybridized carbons (Fsp3) is 0.241. The van der Waals surface area contributed by atoms with Gasteiger partial charge in [-0.3, -0.25) is 0 Å². The molecule has 33 heavy (non-hydrogen) atoms. The molecule has 0 spiro atoms. The SMILES string of the molecule is COCCc1ccc(CCc2ccc3c(F)c(CCc4ccc(F)c(F)c4)ccc3c2)cc1. The number of aryl methyl sites for hydroxylation is 4. The Bertz CT molecular complexity index is 1230. The Morgan fingerprint density at radius 1 is 0.576 bits per heavy atom. The zero-order valence-electron chi connectivity index (χ0n) is 18.7. The first-order valence-corrected chi connectivity index (χ1v) is 11.2. The molecule has 0 fully saturated rings. The average Bonchev–Trinajstić information content (AvgIpc) is 2.83. The summed E-state index contributed by atoms with van der Waals surface area (Å²) in [6.07, 6.45) is 3.59. The van der Waals surface area contributed by atoms with Crippen molar-refractivity contribution in [2.75, 3.05) is 13.7 Å². The van der Waals surface area contributed by atoms with Gasteiger partial charge in [0, 0.05) is 12.5 Å². The van der Waals surface area contributed by atoms with Crippen LogP contribution in [-0.4, -0.2) is 13.7 Å². The van der Waals surface area contributed by atoms with Crippen LogP contribution in [0.25, 0.3) is 10.8 Å². The first kappa shape index (κ1) is 23.1. The smallest absolute Gasteiger partial charge is 0.159 e. The van der Waals surface area contributed by atoms with Gasteiger partial charge in [-0.25, -0.2) is 13.2 Å². The van der Waals surface area contributed by atoms with Gasteiger partial charge in [0.1, 0.15) is 5.82 Å². The zero-order chi connectivity index (χ0) is 23.2. The molecule has 0 amide bonds. The summed E-state index contributed by atoms with van der Waals surface area (Å²) < 4.78 is 46.7. The van der Waals surface area contributed by atoms with Crippen molar-refractivity contribution in [3.63, 3.8) is 0 Å². The lowest BCUT2D eigenvalue weighted by atomic mass is 9.97. The standard InChI is InChI=1S/C29H27F3O/c1-33-17-16-21-4-2-20(3-5-21)6-7-22-9-14-26-25(18-22)13-12-24(29(26)32)11-8-23-10-15-27(30)28(31)19-23/h2-5,9-10,12-15,18-19H,6-8,11,16-17H2,1H3. The van der Waals surface area contributed by atoms with E-state index in [1.165, 1.54) is 28.8 Å². The van der Waals surface area contributed by atoms with Gasteiger partial charge in [0.15, 0.2) is 11.6 Å². The van der Waals surface area contributed by atoms with Crippen LogP contribution < -0.4 is 0 Å². The molecule has 0 heterocycles. The van der Waals surface area contributed by atoms with Crippen LogP contribution in [0.4, 0.5) is 13.2 Å². The second-order valence-electron chi connectivity index (χ2n) is 8.40. The molecule has 0 aliphatic rings. The third kappa shape index (κ3) is 5.82. The first-order valence-electron chi connectivity index (χ1n) is 11.2. The molecule has 0 atom stereocenters. The molecule has 170 valence electrons. The fourth-order valence-electron chi connectivity index (χ4n) is 4.09. The van der Waals surface area contributed by atoms with E-state index in [0.29, 0.717) is 29.4 Å². The quantitative estimate of drug-likeness (QED) is 0.267. The van der Waals surface area contributed by atoms with Crippen molar-refractivity contribution in [3.8, 4) is 0 Å². The van der Waals surface area contributed by atoms with Crippen LogP contribution in [0.15, 0.2) is 72.8 Å². The second-order valence-corrected chi connectivity index (χ2v) is 8.40. The summed E-state index contributed by atoms with van der Waals surface area (Å²) in [5, 5.41) is 1.46. The van der Waals surface area contributed by atoms with Crippen LogP contribution in [0.5, 0.6) is 0 Å². The molecule has 0 aromatic heterocycles. The molecule has 0 saturated carbocycles. The van der Waals surface area contributed by atoms with Gasteiger partial charge in [-0.1, -0.05) is 60.7 Å². The van der Waals surface area contributed by atoms with Gasteiger partial charge in [-0.05, 0) is 77.4 Å². The van der Waals surface area contributed by atoms with Gasteiger partial charge in [0.05, 0.1) is 6.61 Å². The van der Waals surface area contributed by atoms with Crippen molar-refractivity contribution in [1.29, 1.82) is 0 Å². The van der Waals surface area contributed by atoms with Crippen molar-refractivity contribution >= 4 is 10.8 Å². The maximum absolute atomic E-state index is 15.1. The monoisotopic (exact) mass is 448 g/mol. The van der Waals surface area contributed by atoms with E-state index in [9.17, 15) is 8.78 Å². The maximum Gasteiger partial charge on any atom is 0.159 e. The Balaban J connectivity index is 1.41. The molecule has 0 aliphatic heterocycles. The Morgan fingerprint density at radius 3 is 1.91 bits per heavy atom. The molecule has 0 N–H and O–H groups in total. The number of fused-ring (bicyclic) bond motifs is 1. The molecule has 0 bridgehead atoms. The van der Waals surface area contributed by atoms with Crippen LogP contribution >= 0.6 is 0 Å². The minimum Gasteiger partial charge on any atom is -0.384 e. The number of ether oxygens (including phenoxy) is 1. The maximum atomic E-state index is 15.1. The lowest BCUT2D eigenvalue weighted by Gasteiger charge is -2.10. The van der Waals surface area contributed by atoms with Gasteiger partial charge in [0.2, 0.25) is 0 Å². The molecule has 1 nitrogen and oxygen atoms in total. The minimum atomic E-state index is -0.874. The summed E-state index contributed by atoms with van der Waals surface area (Å²) in [7, 11) is 1.71. The highest BCUT2D eigenvalue weighted by atomic mass is 19.2. The van der Waals surface area contributed by atoms with Gasteiger partial charge in [0.25, 0.3) is 0 Å². The van der Waals surface area contributed by atoms with Gasteiger partial charge in [-0.15, -0.1) is 0 Å². The molecule has 0 radical (unpaired) electrons. The molecule has 0 unspecified atom stereocenters. The third-order valence-corrected chi connectivity index (χ3v) is 6.09. The lowest BCUT2D eigenvalue weighted by molar-refractivity contribution is 0.202. The molecule has 4 heteroatoms. The summed E-state index contributed by atoms with van der Waals surface area (Å²) in [6.45, 7) is 0.722. The van der Waals surface area contributed by atoms with E-state index in [1.807, 2.05) is 24.3 Å². The van der Waals surface area contributed by atoms with Crippen molar-refractivity contribution in [2.24, 2.45) is 0 Å². The van der Waals surface area contributed by atoms with Gasteiger partial charge >= 0.3 is 0 Å². The van der Waals surface area contributed by atoms with Gasteiger partial charge < -0.3 is 4.74 Å². The summed E-state index contributed by atoms with van der Waals surface area (Å²) in [4.78, 5) is 0. The molecular weight excluding hydrogens is 421 g/mol. The Labute approximate surface area is 192 Å². The number of hydrogen-bond acceptors (Lipinski definition) is 1. The summed E-state index contributed by atoms with van der Waals surface area (Å²) in [5.41, 5.74) is 4.93. The number of methoxy groups -OCH3 is 1. The Morgan fingerprint density at radius 2 is 1.18 bits per heavy atom. The lowest BCUT2D eigenvalue weighted by Crippen LogP contribution is -1.98. The number of hydrogen-bond donors (Lipinski definition) is 0. The van der Waals surface area contributed by atoms with E-state index in [1.54, 1.807) is 13.2 Å². The Kier molecular flexibility index (Phi) is 7.46. The topological polar surface area (TPSA) is 9.23 Å². The highest BCUT2D eigenvalue weighted by Crippen LogP contribution is 2.24. The molecule has 0 aliphatic carbocycles. The largest absolute Gasteiger partial charge is 0.384 e. The molecule has 0 saturated heterocycles. The fourth-order valence-corrected chi connectivity index (χ4v) is 4.09. The van der Waals surface area contributed by atoms with Crippen molar-refractivity contribution in [1.82, 2.24) is 0 Å². The van der Waals surface area contributed by atoms with E-state index < -0.39 is 11.6 Å². The van der Waals surface area contributed by atoms with Crippen molar-refractivity contribution in [3.05, 3.63) is 118 Å². The van der Waals surface area contributed by atoms with Crippen molar-refractivity contribution in [2.45, 2.75) is 32.1 Å². The second kappa shape index (κ2) is 10.7. The van der Waals surface area contributed by atoms with E-state index in [4.69, 9.17) is 4.74 Å². The van der Waals surface area contributed by atoms with E-state index in [-0.39, 0.29) is 5.82 Å². The third-order valence-electron chi connectivity index (χ3n) is 6.09. The molecule has 4 aromatic carbocycles. The van der Waals surface area contributed by atoms with E-state index in [2.05, 4.69) is 24.3 Å². The zero-order valence-corrected chi connectivity index (χ0v) is 18.7. The minimum absolute atomic E-state index is 0.242. The summed E-state index contributed by atoms with van der Waals surface area (Å²) >= 11 is 0. The van der Waals surface area contributed by atoms with Crippen molar-refractivity contribution < 1.29 is 17.9 Å². The number of benzene rings is 4. The Hall–Kier alpha value is -3.11. The molecular formula is C29H27F3O. The summed E-state index contributed by atoms with van der Waals surface area (Å²) in [6, 6.07) is 22.0. The van der Waals surface area contributed by atoms with Crippen LogP contribution in [0.1, 0.15) is 27.8 Å². The van der Waals surface area contributed by atoms with Gasteiger partial charge in [-0.2, -0.15) is 0 Å². The van der Waals surface area contributed by atoms with E-state index in [0.717, 1.165) is 37.3 Å². The van der Waals surface area contributed by atoms with Crippen LogP contribution in [0.2, 0.25) is 0 Å². The van der Waals surface area contributed by atoms with Crippen LogP contribution in [0, 0.1) is 17.5 Å². The average molecular weight is 449 g/mol. The number of halogens is 3. The van der Waals surface area contributed by atoms with E-state index >= 15 is 4.39 Å². The highest BCUT2D eigenvalue weighted by molar-refractivity contribution is 5.84.